The highest BCUT2D eigenvalue weighted by Gasteiger charge is 2.33. The minimum Gasteiger partial charge on any atom is -0.266 e. The molecule has 0 unspecified atom stereocenters. The maximum Gasteiger partial charge on any atom is 0.417 e. The molecule has 3 heterocycles. The van der Waals surface area contributed by atoms with E-state index in [1.807, 2.05) is 0 Å². The molecule has 5 rings (SSSR count). The molecule has 0 bridgehead atoms. The third-order valence-corrected chi connectivity index (χ3v) is 5.19. The number of nitrogens with zero attached hydrogens (tertiary/aromatic N) is 5. The Balaban J connectivity index is 1.40. The van der Waals surface area contributed by atoms with Crippen LogP contribution in [0.1, 0.15) is 11.1 Å². The summed E-state index contributed by atoms with van der Waals surface area (Å²) in [5.74, 6) is -1.98. The highest BCUT2D eigenvalue weighted by atomic mass is 19.4. The Bertz CT molecular complexity index is 1440. The monoisotopic (exact) mass is 467 g/mol. The predicted molar refractivity (Wildman–Crippen MR) is 114 cm³/mol. The lowest BCUT2D eigenvalue weighted by Gasteiger charge is -2.12. The van der Waals surface area contributed by atoms with E-state index in [0.717, 1.165) is 12.1 Å². The van der Waals surface area contributed by atoms with Crippen molar-refractivity contribution in [1.29, 1.82) is 0 Å². The van der Waals surface area contributed by atoms with E-state index in [-0.39, 0.29) is 29.2 Å². The molecular weight excluding hydrogens is 453 g/mol. The second-order valence-electron chi connectivity index (χ2n) is 7.49. The van der Waals surface area contributed by atoms with Gasteiger partial charge in [-0.15, -0.1) is 0 Å². The van der Waals surface area contributed by atoms with Gasteiger partial charge in [0.25, 0.3) is 0 Å². The molecule has 3 aromatic rings. The number of aromatic nitrogens is 5. The van der Waals surface area contributed by atoms with Crippen molar-refractivity contribution < 1.29 is 22.0 Å². The van der Waals surface area contributed by atoms with Crippen LogP contribution in [-0.2, 0) is 12.7 Å². The first-order chi connectivity index (χ1) is 16.3. The van der Waals surface area contributed by atoms with Crippen LogP contribution in [0.4, 0.5) is 22.0 Å². The lowest BCUT2D eigenvalue weighted by molar-refractivity contribution is -0.137. The number of rotatable bonds is 4. The van der Waals surface area contributed by atoms with Gasteiger partial charge in [0.1, 0.15) is 11.4 Å². The summed E-state index contributed by atoms with van der Waals surface area (Å²) < 4.78 is 69.0. The third-order valence-electron chi connectivity index (χ3n) is 5.19. The summed E-state index contributed by atoms with van der Waals surface area (Å²) >= 11 is 0. The van der Waals surface area contributed by atoms with Gasteiger partial charge in [0, 0.05) is 11.8 Å². The molecule has 0 saturated carbocycles. The Morgan fingerprint density at radius 1 is 0.765 bits per heavy atom. The van der Waals surface area contributed by atoms with Gasteiger partial charge in [-0.05, 0) is 29.8 Å². The van der Waals surface area contributed by atoms with Crippen molar-refractivity contribution >= 4 is 0 Å². The normalized spacial score (nSPS) is 11.8. The van der Waals surface area contributed by atoms with Crippen molar-refractivity contribution in [2.24, 2.45) is 0 Å². The van der Waals surface area contributed by atoms with Crippen LogP contribution in [0.2, 0.25) is 0 Å². The lowest BCUT2D eigenvalue weighted by Crippen LogP contribution is -2.08. The molecule has 0 radical (unpaired) electrons. The zero-order valence-electron chi connectivity index (χ0n) is 17.3. The molecule has 1 aromatic heterocycles. The summed E-state index contributed by atoms with van der Waals surface area (Å²) in [6.07, 6.45) is 0.0336. The number of benzene rings is 2. The largest absolute Gasteiger partial charge is 0.417 e. The van der Waals surface area contributed by atoms with Crippen LogP contribution in [-0.4, -0.2) is 24.7 Å². The van der Waals surface area contributed by atoms with E-state index in [1.165, 1.54) is 48.8 Å². The van der Waals surface area contributed by atoms with E-state index < -0.39 is 23.4 Å². The summed E-state index contributed by atoms with van der Waals surface area (Å²) in [6, 6.07) is 12.2. The van der Waals surface area contributed by atoms with E-state index >= 15 is 0 Å². The number of hydrogen-bond acceptors (Lipinski definition) is 4. The first-order valence-corrected chi connectivity index (χ1v) is 10.1. The maximum absolute atomic E-state index is 14.1. The summed E-state index contributed by atoms with van der Waals surface area (Å²) in [4.78, 5) is 12.7. The van der Waals surface area contributed by atoms with E-state index in [0.29, 0.717) is 17.0 Å². The van der Waals surface area contributed by atoms with Gasteiger partial charge in [-0.1, -0.05) is 30.3 Å². The minimum atomic E-state index is -4.49. The van der Waals surface area contributed by atoms with Crippen LogP contribution in [0.25, 0.3) is 34.0 Å². The predicted octanol–water partition coefficient (Wildman–Crippen LogP) is 5.85. The zero-order valence-corrected chi connectivity index (χ0v) is 17.3. The second kappa shape index (κ2) is 8.29. The fourth-order valence-corrected chi connectivity index (χ4v) is 3.56. The van der Waals surface area contributed by atoms with Crippen molar-refractivity contribution in [3.8, 4) is 34.0 Å². The van der Waals surface area contributed by atoms with Gasteiger partial charge in [0.05, 0.1) is 35.8 Å². The van der Waals surface area contributed by atoms with Crippen LogP contribution in [0.3, 0.4) is 0 Å². The molecule has 10 heteroatoms. The van der Waals surface area contributed by atoms with Crippen molar-refractivity contribution in [2.45, 2.75) is 12.7 Å². The Labute approximate surface area is 189 Å². The number of hydrogen-bond donors (Lipinski definition) is 0. The fraction of sp³-hybridized carbons (Fsp3) is 0.0833. The van der Waals surface area contributed by atoms with E-state index in [1.54, 1.807) is 16.9 Å². The van der Waals surface area contributed by atoms with Gasteiger partial charge >= 0.3 is 6.18 Å². The number of pyridine rings is 1. The minimum absolute atomic E-state index is 0.00193. The summed E-state index contributed by atoms with van der Waals surface area (Å²) in [5, 5.41) is 4.25. The third kappa shape index (κ3) is 4.09. The Morgan fingerprint density at radius 3 is 2.29 bits per heavy atom. The highest BCUT2D eigenvalue weighted by Crippen LogP contribution is 2.36. The standard InChI is InChI=1S/C24H14F5N5/c25-18-7-3-5-16(22(18)26)23-32-20-11-31-34(13-21(20)33-23)12-14-8-9-19(30-10-14)15-4-1-2-6-17(15)24(27,28)29/h1-11,13H,12H2. The van der Waals surface area contributed by atoms with Gasteiger partial charge in [0.2, 0.25) is 0 Å². The molecular formula is C24H14F5N5. The number of imidazole rings is 1. The highest BCUT2D eigenvalue weighted by molar-refractivity contribution is 5.66. The van der Waals surface area contributed by atoms with Crippen LogP contribution >= 0.6 is 0 Å². The second-order valence-corrected chi connectivity index (χ2v) is 7.49. The zero-order chi connectivity index (χ0) is 23.9. The molecule has 34 heavy (non-hydrogen) atoms. The van der Waals surface area contributed by atoms with E-state index in [9.17, 15) is 22.0 Å². The van der Waals surface area contributed by atoms with Crippen molar-refractivity contribution in [1.82, 2.24) is 24.7 Å². The van der Waals surface area contributed by atoms with E-state index in [2.05, 4.69) is 20.1 Å². The van der Waals surface area contributed by atoms with Crippen LogP contribution in [0.15, 0.2) is 73.2 Å². The average Bonchev–Trinajstić information content (AvgIpc) is 3.24. The molecule has 2 aliphatic rings. The molecule has 170 valence electrons. The molecule has 0 spiro atoms. The SMILES string of the molecule is Fc1cccc(-c2nc3cnn(Cc4ccc(-c5ccccc5C(F)(F)F)nc4)cc-3n2)c1F. The Morgan fingerprint density at radius 2 is 1.53 bits per heavy atom. The van der Waals surface area contributed by atoms with Crippen molar-refractivity contribution in [2.75, 3.05) is 0 Å². The molecule has 5 nitrogen and oxygen atoms in total. The number of halogens is 5. The van der Waals surface area contributed by atoms with Gasteiger partial charge in [-0.2, -0.15) is 18.3 Å². The summed E-state index contributed by atoms with van der Waals surface area (Å²) in [5.41, 5.74) is 0.927. The smallest absolute Gasteiger partial charge is 0.266 e. The summed E-state index contributed by atoms with van der Waals surface area (Å²) in [7, 11) is 0. The van der Waals surface area contributed by atoms with Gasteiger partial charge in [0.15, 0.2) is 17.5 Å². The van der Waals surface area contributed by atoms with Gasteiger partial charge < -0.3 is 0 Å². The Kier molecular flexibility index (Phi) is 5.27. The van der Waals surface area contributed by atoms with Gasteiger partial charge in [-0.3, -0.25) is 9.67 Å². The Hall–Kier alpha value is -4.21. The molecule has 2 aromatic carbocycles. The molecule has 0 saturated heterocycles. The maximum atomic E-state index is 14.1. The van der Waals surface area contributed by atoms with Crippen LogP contribution in [0.5, 0.6) is 0 Å². The number of fused-ring (bicyclic) bond motifs is 1. The lowest BCUT2D eigenvalue weighted by atomic mass is 10.0. The fourth-order valence-electron chi connectivity index (χ4n) is 3.56. The molecule has 0 atom stereocenters. The first kappa shape index (κ1) is 21.6. The molecule has 0 aliphatic carbocycles. The quantitative estimate of drug-likeness (QED) is 0.311. The van der Waals surface area contributed by atoms with E-state index in [4.69, 9.17) is 0 Å². The topological polar surface area (TPSA) is 56.5 Å². The summed E-state index contributed by atoms with van der Waals surface area (Å²) in [6.45, 7) is 0.265. The number of alkyl halides is 3. The molecule has 0 fully saturated rings. The van der Waals surface area contributed by atoms with Gasteiger partial charge in [-0.25, -0.2) is 18.7 Å². The molecule has 0 N–H and O–H groups in total. The van der Waals surface area contributed by atoms with Crippen LogP contribution in [0, 0.1) is 11.6 Å². The molecule has 2 aliphatic heterocycles. The van der Waals surface area contributed by atoms with Crippen LogP contribution < -0.4 is 0 Å². The first-order valence-electron chi connectivity index (χ1n) is 10.1. The molecule has 0 amide bonds. The average molecular weight is 467 g/mol. The van der Waals surface area contributed by atoms with Crippen molar-refractivity contribution in [3.05, 3.63) is 95.9 Å². The van der Waals surface area contributed by atoms with Crippen molar-refractivity contribution in [3.63, 3.8) is 0 Å².